The lowest BCUT2D eigenvalue weighted by Crippen LogP contribution is -2.42. The van der Waals surface area contributed by atoms with E-state index in [0.29, 0.717) is 25.2 Å². The minimum atomic E-state index is -0.311. The Bertz CT molecular complexity index is 626. The second-order valence-electron chi connectivity index (χ2n) is 7.02. The highest BCUT2D eigenvalue weighted by Gasteiger charge is 2.39. The Morgan fingerprint density at radius 1 is 1.33 bits per heavy atom. The van der Waals surface area contributed by atoms with E-state index in [1.165, 1.54) is 6.07 Å². The third kappa shape index (κ3) is 3.17. The first-order valence-corrected chi connectivity index (χ1v) is 8.86. The molecule has 1 heterocycles. The van der Waals surface area contributed by atoms with E-state index in [-0.39, 0.29) is 35.4 Å². The molecule has 1 aromatic rings. The number of nitrogens with zero attached hydrogens (tertiary/aromatic N) is 1. The number of halogens is 1. The summed E-state index contributed by atoms with van der Waals surface area (Å²) >= 11 is 0. The van der Waals surface area contributed by atoms with E-state index < -0.39 is 0 Å². The van der Waals surface area contributed by atoms with Gasteiger partial charge in [0.25, 0.3) is 0 Å². The van der Waals surface area contributed by atoms with Crippen molar-refractivity contribution in [1.82, 2.24) is 10.2 Å². The number of nitrogens with one attached hydrogen (secondary N) is 1. The van der Waals surface area contributed by atoms with Crippen LogP contribution in [-0.4, -0.2) is 36.3 Å². The van der Waals surface area contributed by atoms with Gasteiger partial charge in [0.1, 0.15) is 5.82 Å². The monoisotopic (exact) mass is 332 g/mol. The zero-order valence-electron chi connectivity index (χ0n) is 14.2. The van der Waals surface area contributed by atoms with Gasteiger partial charge in [-0.25, -0.2) is 4.39 Å². The average Bonchev–Trinajstić information content (AvgIpc) is 3.20. The summed E-state index contributed by atoms with van der Waals surface area (Å²) in [7, 11) is 0. The predicted octanol–water partition coefficient (Wildman–Crippen LogP) is 2.62. The van der Waals surface area contributed by atoms with E-state index in [4.69, 9.17) is 0 Å². The number of benzene rings is 1. The highest BCUT2D eigenvalue weighted by Crippen LogP contribution is 2.41. The first kappa shape index (κ1) is 16.9. The molecule has 1 N–H and O–H groups in total. The molecule has 24 heavy (non-hydrogen) atoms. The molecule has 3 rings (SSSR count). The molecule has 0 unspecified atom stereocenters. The van der Waals surface area contributed by atoms with Gasteiger partial charge in [-0.2, -0.15) is 0 Å². The molecule has 1 aromatic carbocycles. The smallest absolute Gasteiger partial charge is 0.225 e. The molecule has 1 aliphatic heterocycles. The van der Waals surface area contributed by atoms with E-state index in [9.17, 15) is 14.0 Å². The Labute approximate surface area is 142 Å². The normalized spacial score (nSPS) is 22.8. The molecule has 4 nitrogen and oxygen atoms in total. The van der Waals surface area contributed by atoms with Crippen molar-refractivity contribution in [3.63, 3.8) is 0 Å². The second kappa shape index (κ2) is 6.91. The SMILES string of the molecule is CCN1C[C@@H](C(=O)NCC2(c3ccccc3F)CCCC2)CC1=O. The molecule has 130 valence electrons. The maximum atomic E-state index is 14.3. The number of carbonyl (C=O) groups excluding carboxylic acids is 2. The number of carbonyl (C=O) groups is 2. The van der Waals surface area contributed by atoms with Crippen LogP contribution in [0.4, 0.5) is 4.39 Å². The zero-order valence-corrected chi connectivity index (χ0v) is 14.2. The van der Waals surface area contributed by atoms with Crippen LogP contribution in [0.2, 0.25) is 0 Å². The molecule has 0 radical (unpaired) electrons. The predicted molar refractivity (Wildman–Crippen MR) is 89.9 cm³/mol. The lowest BCUT2D eigenvalue weighted by molar-refractivity contribution is -0.128. The number of rotatable bonds is 5. The molecule has 5 heteroatoms. The van der Waals surface area contributed by atoms with Gasteiger partial charge in [0.15, 0.2) is 0 Å². The minimum Gasteiger partial charge on any atom is -0.355 e. The van der Waals surface area contributed by atoms with Gasteiger partial charge < -0.3 is 10.2 Å². The van der Waals surface area contributed by atoms with Crippen LogP contribution in [0.25, 0.3) is 0 Å². The fourth-order valence-corrected chi connectivity index (χ4v) is 4.14. The Hall–Kier alpha value is -1.91. The van der Waals surface area contributed by atoms with Crippen LogP contribution < -0.4 is 5.32 Å². The maximum absolute atomic E-state index is 14.3. The number of hydrogen-bond acceptors (Lipinski definition) is 2. The molecule has 0 aromatic heterocycles. The summed E-state index contributed by atoms with van der Waals surface area (Å²) in [6.07, 6.45) is 4.16. The van der Waals surface area contributed by atoms with Gasteiger partial charge in [-0.05, 0) is 31.4 Å². The van der Waals surface area contributed by atoms with Crippen molar-refractivity contribution < 1.29 is 14.0 Å². The summed E-state index contributed by atoms with van der Waals surface area (Å²) in [5, 5.41) is 3.01. The Balaban J connectivity index is 1.68. The van der Waals surface area contributed by atoms with Crippen LogP contribution in [0, 0.1) is 11.7 Å². The topological polar surface area (TPSA) is 49.4 Å². The Morgan fingerprint density at radius 2 is 2.04 bits per heavy atom. The standard InChI is InChI=1S/C19H25FN2O2/c1-2-22-12-14(11-17(22)23)18(24)21-13-19(9-5-6-10-19)15-7-3-4-8-16(15)20/h3-4,7-8,14H,2,5-6,9-13H2,1H3,(H,21,24)/t14-/m0/s1. The number of amides is 2. The number of hydrogen-bond donors (Lipinski definition) is 1. The van der Waals surface area contributed by atoms with Crippen LogP contribution >= 0.6 is 0 Å². The van der Waals surface area contributed by atoms with Gasteiger partial charge in [-0.1, -0.05) is 31.0 Å². The summed E-state index contributed by atoms with van der Waals surface area (Å²) in [6, 6.07) is 6.88. The van der Waals surface area contributed by atoms with E-state index >= 15 is 0 Å². The first-order valence-electron chi connectivity index (χ1n) is 8.86. The molecule has 2 amide bonds. The van der Waals surface area contributed by atoms with Gasteiger partial charge in [0.2, 0.25) is 11.8 Å². The van der Waals surface area contributed by atoms with Gasteiger partial charge in [-0.3, -0.25) is 9.59 Å². The van der Waals surface area contributed by atoms with Gasteiger partial charge in [0.05, 0.1) is 5.92 Å². The minimum absolute atomic E-state index is 0.0438. The molecular formula is C19H25FN2O2. The summed E-state index contributed by atoms with van der Waals surface area (Å²) in [5.74, 6) is -0.511. The van der Waals surface area contributed by atoms with Crippen molar-refractivity contribution in [3.05, 3.63) is 35.6 Å². The van der Waals surface area contributed by atoms with Crippen molar-refractivity contribution in [2.24, 2.45) is 5.92 Å². The molecular weight excluding hydrogens is 307 g/mol. The van der Waals surface area contributed by atoms with Gasteiger partial charge in [-0.15, -0.1) is 0 Å². The highest BCUT2D eigenvalue weighted by molar-refractivity contribution is 5.89. The first-order chi connectivity index (χ1) is 11.6. The van der Waals surface area contributed by atoms with Crippen LogP contribution in [0.5, 0.6) is 0 Å². The van der Waals surface area contributed by atoms with Crippen LogP contribution in [0.1, 0.15) is 44.6 Å². The fraction of sp³-hybridized carbons (Fsp3) is 0.579. The summed E-state index contributed by atoms with van der Waals surface area (Å²) in [6.45, 7) is 3.50. The molecule has 0 spiro atoms. The zero-order chi connectivity index (χ0) is 17.2. The molecule has 2 aliphatic rings. The van der Waals surface area contributed by atoms with E-state index in [1.807, 2.05) is 19.1 Å². The average molecular weight is 332 g/mol. The molecule has 0 bridgehead atoms. The largest absolute Gasteiger partial charge is 0.355 e. The van der Waals surface area contributed by atoms with Crippen LogP contribution in [-0.2, 0) is 15.0 Å². The van der Waals surface area contributed by atoms with Gasteiger partial charge in [0, 0.05) is 31.5 Å². The van der Waals surface area contributed by atoms with Crippen LogP contribution in [0.15, 0.2) is 24.3 Å². The van der Waals surface area contributed by atoms with E-state index in [2.05, 4.69) is 5.32 Å². The lowest BCUT2D eigenvalue weighted by Gasteiger charge is -2.30. The molecule has 1 saturated heterocycles. The van der Waals surface area contributed by atoms with Crippen molar-refractivity contribution in [1.29, 1.82) is 0 Å². The Kier molecular flexibility index (Phi) is 4.88. The summed E-state index contributed by atoms with van der Waals surface area (Å²) in [4.78, 5) is 26.0. The quantitative estimate of drug-likeness (QED) is 0.901. The van der Waals surface area contributed by atoms with Crippen molar-refractivity contribution in [2.45, 2.75) is 44.4 Å². The van der Waals surface area contributed by atoms with Crippen molar-refractivity contribution in [3.8, 4) is 0 Å². The van der Waals surface area contributed by atoms with Crippen molar-refractivity contribution in [2.75, 3.05) is 19.6 Å². The third-order valence-corrected chi connectivity index (χ3v) is 5.57. The highest BCUT2D eigenvalue weighted by atomic mass is 19.1. The number of likely N-dealkylation sites (tertiary alicyclic amines) is 1. The van der Waals surface area contributed by atoms with Gasteiger partial charge >= 0.3 is 0 Å². The third-order valence-electron chi connectivity index (χ3n) is 5.57. The van der Waals surface area contributed by atoms with E-state index in [1.54, 1.807) is 11.0 Å². The van der Waals surface area contributed by atoms with Crippen LogP contribution in [0.3, 0.4) is 0 Å². The molecule has 1 aliphatic carbocycles. The Morgan fingerprint density at radius 3 is 2.67 bits per heavy atom. The fourth-order valence-electron chi connectivity index (χ4n) is 4.14. The molecule has 1 saturated carbocycles. The van der Waals surface area contributed by atoms with Crippen molar-refractivity contribution >= 4 is 11.8 Å². The maximum Gasteiger partial charge on any atom is 0.225 e. The second-order valence-corrected chi connectivity index (χ2v) is 7.02. The summed E-state index contributed by atoms with van der Waals surface area (Å²) < 4.78 is 14.3. The molecule has 2 fully saturated rings. The summed E-state index contributed by atoms with van der Waals surface area (Å²) in [5.41, 5.74) is 0.397. The van der Waals surface area contributed by atoms with E-state index in [0.717, 1.165) is 25.7 Å². The lowest BCUT2D eigenvalue weighted by atomic mass is 9.78. The molecule has 1 atom stereocenters.